The van der Waals surface area contributed by atoms with Crippen LogP contribution in [0.25, 0.3) is 0 Å². The lowest BCUT2D eigenvalue weighted by molar-refractivity contribution is 0.0922. The van der Waals surface area contributed by atoms with Crippen molar-refractivity contribution in [1.82, 2.24) is 10.6 Å². The highest BCUT2D eigenvalue weighted by Crippen LogP contribution is 2.39. The van der Waals surface area contributed by atoms with Crippen molar-refractivity contribution in [1.29, 1.82) is 0 Å². The number of carbonyl (C=O) groups excluding carboxylic acids is 1. The van der Waals surface area contributed by atoms with Crippen molar-refractivity contribution in [2.24, 2.45) is 5.14 Å². The first-order valence-corrected chi connectivity index (χ1v) is 10.9. The molecule has 1 heterocycles. The molecule has 1 unspecified atom stereocenters. The number of amides is 1. The van der Waals surface area contributed by atoms with Gasteiger partial charge in [-0.25, -0.2) is 22.3 Å². The third-order valence-corrected chi connectivity index (χ3v) is 6.60. The van der Waals surface area contributed by atoms with Crippen LogP contribution in [-0.2, 0) is 15.4 Å². The van der Waals surface area contributed by atoms with E-state index in [1.165, 1.54) is 13.2 Å². The van der Waals surface area contributed by atoms with E-state index < -0.39 is 38.4 Å². The molecule has 10 heteroatoms. The molecule has 0 spiro atoms. The summed E-state index contributed by atoms with van der Waals surface area (Å²) in [6, 6.07) is 9.18. The van der Waals surface area contributed by atoms with E-state index in [9.17, 15) is 22.0 Å². The fraction of sp³-hybridized carbons (Fsp3) is 0.350. The molecule has 1 atom stereocenters. The fourth-order valence-corrected chi connectivity index (χ4v) is 5.25. The molecule has 0 bridgehead atoms. The quantitative estimate of drug-likeness (QED) is 0.634. The Bertz CT molecular complexity index is 1020. The van der Waals surface area contributed by atoms with Crippen molar-refractivity contribution >= 4 is 15.9 Å². The molecule has 30 heavy (non-hydrogen) atoms. The van der Waals surface area contributed by atoms with Crippen LogP contribution in [0.4, 0.5) is 8.78 Å². The third-order valence-electron chi connectivity index (χ3n) is 5.38. The molecule has 2 aromatic rings. The monoisotopic (exact) mass is 439 g/mol. The van der Waals surface area contributed by atoms with Gasteiger partial charge in [-0.2, -0.15) is 0 Å². The van der Waals surface area contributed by atoms with E-state index >= 15 is 0 Å². The second-order valence-corrected chi connectivity index (χ2v) is 8.86. The lowest BCUT2D eigenvalue weighted by Crippen LogP contribution is -2.60. The van der Waals surface area contributed by atoms with E-state index in [1.54, 1.807) is 18.2 Å². The molecule has 1 fully saturated rings. The number of rotatable bonds is 6. The van der Waals surface area contributed by atoms with Crippen LogP contribution in [0.5, 0.6) is 5.75 Å². The molecule has 2 aromatic carbocycles. The molecule has 3 rings (SSSR count). The molecule has 0 saturated carbocycles. The van der Waals surface area contributed by atoms with Crippen LogP contribution < -0.4 is 20.5 Å². The Morgan fingerprint density at radius 1 is 1.17 bits per heavy atom. The predicted molar refractivity (Wildman–Crippen MR) is 107 cm³/mol. The van der Waals surface area contributed by atoms with Crippen molar-refractivity contribution in [2.45, 2.75) is 23.6 Å². The Labute approximate surface area is 173 Å². The van der Waals surface area contributed by atoms with Gasteiger partial charge < -0.3 is 15.4 Å². The van der Waals surface area contributed by atoms with Crippen molar-refractivity contribution in [3.05, 3.63) is 65.2 Å². The summed E-state index contributed by atoms with van der Waals surface area (Å²) in [5.74, 6) is -2.15. The molecule has 1 aliphatic rings. The summed E-state index contributed by atoms with van der Waals surface area (Å²) in [6.45, 7) is 0.767. The first-order valence-electron chi connectivity index (χ1n) is 9.30. The maximum absolute atomic E-state index is 14.0. The minimum absolute atomic E-state index is 0.114. The molecular weight excluding hydrogens is 416 g/mol. The van der Waals surface area contributed by atoms with Crippen LogP contribution in [0.1, 0.15) is 28.8 Å². The van der Waals surface area contributed by atoms with E-state index in [0.29, 0.717) is 19.2 Å². The van der Waals surface area contributed by atoms with Gasteiger partial charge in [0.25, 0.3) is 5.91 Å². The zero-order valence-electron chi connectivity index (χ0n) is 16.3. The van der Waals surface area contributed by atoms with Crippen LogP contribution in [-0.4, -0.2) is 39.9 Å². The summed E-state index contributed by atoms with van der Waals surface area (Å²) in [7, 11) is -2.98. The predicted octanol–water partition coefficient (Wildman–Crippen LogP) is 1.64. The van der Waals surface area contributed by atoms with Gasteiger partial charge in [-0.1, -0.05) is 12.1 Å². The smallest absolute Gasteiger partial charge is 0.256 e. The van der Waals surface area contributed by atoms with Crippen LogP contribution in [0.15, 0.2) is 42.5 Å². The molecular formula is C20H23F2N3O4S. The maximum atomic E-state index is 14.0. The second-order valence-electron chi connectivity index (χ2n) is 7.21. The molecule has 0 aliphatic carbocycles. The number of piperidine rings is 1. The van der Waals surface area contributed by atoms with Gasteiger partial charge in [-0.15, -0.1) is 0 Å². The number of halogens is 2. The minimum atomic E-state index is -4.36. The van der Waals surface area contributed by atoms with Crippen LogP contribution in [0, 0.1) is 11.6 Å². The van der Waals surface area contributed by atoms with Gasteiger partial charge in [0.15, 0.2) is 5.37 Å². The van der Waals surface area contributed by atoms with Crippen LogP contribution in [0.3, 0.4) is 0 Å². The third kappa shape index (κ3) is 4.45. The Morgan fingerprint density at radius 3 is 2.33 bits per heavy atom. The molecule has 1 saturated heterocycles. The Kier molecular flexibility index (Phi) is 6.39. The van der Waals surface area contributed by atoms with Crippen molar-refractivity contribution in [2.75, 3.05) is 20.2 Å². The summed E-state index contributed by atoms with van der Waals surface area (Å²) in [6.07, 6.45) is 0.395. The zero-order valence-corrected chi connectivity index (χ0v) is 17.1. The molecule has 0 aromatic heterocycles. The summed E-state index contributed by atoms with van der Waals surface area (Å²) in [4.78, 5) is 13.0. The normalized spacial score (nSPS) is 17.2. The minimum Gasteiger partial charge on any atom is -0.496 e. The number of hydrogen-bond donors (Lipinski definition) is 3. The Morgan fingerprint density at radius 2 is 1.77 bits per heavy atom. The molecule has 4 N–H and O–H groups in total. The maximum Gasteiger partial charge on any atom is 0.256 e. The average Bonchev–Trinajstić information content (AvgIpc) is 2.70. The summed E-state index contributed by atoms with van der Waals surface area (Å²) >= 11 is 0. The fourth-order valence-electron chi connectivity index (χ4n) is 3.98. The number of ether oxygens (including phenoxy) is 1. The van der Waals surface area contributed by atoms with E-state index in [1.807, 2.05) is 0 Å². The lowest BCUT2D eigenvalue weighted by atomic mass is 9.72. The molecule has 162 valence electrons. The second kappa shape index (κ2) is 8.66. The van der Waals surface area contributed by atoms with Gasteiger partial charge in [0, 0.05) is 11.5 Å². The molecule has 0 radical (unpaired) electrons. The average molecular weight is 439 g/mol. The number of benzene rings is 2. The summed E-state index contributed by atoms with van der Waals surface area (Å²) < 4.78 is 58.4. The zero-order chi connectivity index (χ0) is 21.9. The van der Waals surface area contributed by atoms with Crippen molar-refractivity contribution < 1.29 is 26.7 Å². The Balaban J connectivity index is 2.10. The summed E-state index contributed by atoms with van der Waals surface area (Å²) in [5, 5.41) is 9.50. The highest BCUT2D eigenvalue weighted by molar-refractivity contribution is 7.89. The lowest BCUT2D eigenvalue weighted by Gasteiger charge is -2.43. The largest absolute Gasteiger partial charge is 0.496 e. The van der Waals surface area contributed by atoms with Crippen LogP contribution >= 0.6 is 0 Å². The number of nitrogens with two attached hydrogens (primary N) is 1. The topological polar surface area (TPSA) is 111 Å². The molecule has 1 amide bonds. The van der Waals surface area contributed by atoms with Gasteiger partial charge in [-0.05, 0) is 55.8 Å². The number of nitrogens with one attached hydrogen (secondary N) is 2. The van der Waals surface area contributed by atoms with Crippen molar-refractivity contribution in [3.8, 4) is 5.75 Å². The highest BCUT2D eigenvalue weighted by Gasteiger charge is 2.48. The Hall–Kier alpha value is -2.56. The number of para-hydroxylation sites is 1. The van der Waals surface area contributed by atoms with Gasteiger partial charge in [-0.3, -0.25) is 4.79 Å². The molecule has 7 nitrogen and oxygen atoms in total. The number of methoxy groups -OCH3 is 1. The standard InChI is InChI=1S/C20H23F2N3O4S/c1-29-17-5-3-2-4-16(17)18(26)25-19(30(23,27)28)20(6-8-24-9-7-20)13-10-14(21)12-15(22)11-13/h2-5,10-12,19,24H,6-9H2,1H3,(H,25,26)(H2,23,27,28). The number of carbonyl (C=O) groups is 1. The summed E-state index contributed by atoms with van der Waals surface area (Å²) in [5.41, 5.74) is -1.08. The number of hydrogen-bond acceptors (Lipinski definition) is 5. The molecule has 1 aliphatic heterocycles. The van der Waals surface area contributed by atoms with Crippen LogP contribution in [0.2, 0.25) is 0 Å². The number of primary sulfonamides is 1. The van der Waals surface area contributed by atoms with E-state index in [2.05, 4.69) is 10.6 Å². The first kappa shape index (κ1) is 22.1. The van der Waals surface area contributed by atoms with Crippen molar-refractivity contribution in [3.63, 3.8) is 0 Å². The van der Waals surface area contributed by atoms with Gasteiger partial charge in [0.2, 0.25) is 10.0 Å². The highest BCUT2D eigenvalue weighted by atomic mass is 32.2. The van der Waals surface area contributed by atoms with Gasteiger partial charge in [0.1, 0.15) is 17.4 Å². The van der Waals surface area contributed by atoms with Gasteiger partial charge in [0.05, 0.1) is 12.7 Å². The van der Waals surface area contributed by atoms with E-state index in [0.717, 1.165) is 12.1 Å². The van der Waals surface area contributed by atoms with E-state index in [-0.39, 0.29) is 29.7 Å². The SMILES string of the molecule is COc1ccccc1C(=O)NC(C1(c2cc(F)cc(F)c2)CCNCC1)S(N)(=O)=O. The first-order chi connectivity index (χ1) is 14.2. The number of sulfonamides is 1. The van der Waals surface area contributed by atoms with Gasteiger partial charge >= 0.3 is 0 Å². The van der Waals surface area contributed by atoms with E-state index in [4.69, 9.17) is 9.88 Å².